The summed E-state index contributed by atoms with van der Waals surface area (Å²) in [6.45, 7) is 6.08. The summed E-state index contributed by atoms with van der Waals surface area (Å²) in [4.78, 5) is 18.6. The first kappa shape index (κ1) is 16.1. The fourth-order valence-electron chi connectivity index (χ4n) is 3.62. The highest BCUT2D eigenvalue weighted by Gasteiger charge is 2.37. The number of ether oxygens (including phenoxy) is 1. The van der Waals surface area contributed by atoms with Crippen molar-refractivity contribution in [2.24, 2.45) is 0 Å². The Balaban J connectivity index is 1.46. The number of nitrogens with zero attached hydrogens (tertiary/aromatic N) is 3. The Morgan fingerprint density at radius 2 is 1.68 bits per heavy atom. The maximum absolute atomic E-state index is 12.3. The Labute approximate surface area is 131 Å². The third-order valence-corrected chi connectivity index (χ3v) is 5.06. The second-order valence-corrected chi connectivity index (χ2v) is 6.56. The molecule has 0 bridgehead atoms. The van der Waals surface area contributed by atoms with Crippen molar-refractivity contribution in [2.45, 2.75) is 31.1 Å². The third-order valence-electron chi connectivity index (χ3n) is 5.06. The van der Waals surface area contributed by atoms with Crippen molar-refractivity contribution in [2.75, 3.05) is 59.0 Å². The molecule has 126 valence electrons. The molecule has 3 saturated heterocycles. The van der Waals surface area contributed by atoms with E-state index in [1.54, 1.807) is 0 Å². The molecule has 0 aliphatic carbocycles. The normalized spacial score (nSPS) is 35.0. The van der Waals surface area contributed by atoms with Crippen LogP contribution in [0.5, 0.6) is 0 Å². The Kier molecular flexibility index (Phi) is 5.30. The molecule has 0 aromatic rings. The Bertz CT molecular complexity index is 381. The molecule has 3 aliphatic rings. The van der Waals surface area contributed by atoms with Gasteiger partial charge in [-0.2, -0.15) is 0 Å². The van der Waals surface area contributed by atoms with Crippen LogP contribution in [0, 0.1) is 0 Å². The predicted octanol–water partition coefficient (Wildman–Crippen LogP) is -1.65. The number of likely N-dealkylation sites (tertiary alicyclic amines) is 1. The summed E-state index contributed by atoms with van der Waals surface area (Å²) in [5, 5.41) is 19.8. The van der Waals surface area contributed by atoms with Gasteiger partial charge in [0.1, 0.15) is 6.10 Å². The lowest BCUT2D eigenvalue weighted by Gasteiger charge is -2.43. The van der Waals surface area contributed by atoms with E-state index < -0.39 is 12.2 Å². The lowest BCUT2D eigenvalue weighted by molar-refractivity contribution is -0.145. The summed E-state index contributed by atoms with van der Waals surface area (Å²) >= 11 is 0. The average molecular weight is 313 g/mol. The molecule has 3 rings (SSSR count). The predicted molar refractivity (Wildman–Crippen MR) is 80.4 cm³/mol. The fourth-order valence-corrected chi connectivity index (χ4v) is 3.62. The Morgan fingerprint density at radius 3 is 2.36 bits per heavy atom. The third kappa shape index (κ3) is 3.60. The van der Waals surface area contributed by atoms with E-state index in [1.807, 2.05) is 4.90 Å². The number of aliphatic hydroxyl groups excluding tert-OH is 2. The number of hydrogen-bond donors (Lipinski definition) is 2. The van der Waals surface area contributed by atoms with Crippen LogP contribution in [0.25, 0.3) is 0 Å². The molecule has 0 aromatic carbocycles. The zero-order valence-corrected chi connectivity index (χ0v) is 13.1. The number of rotatable bonds is 3. The SMILES string of the molecule is O=C(CN1CCCC1)N1CCN([C@@H]2COC[C@@H](O)[C@H]2O)CC1. The van der Waals surface area contributed by atoms with Crippen LogP contribution in [-0.2, 0) is 9.53 Å². The van der Waals surface area contributed by atoms with Gasteiger partial charge >= 0.3 is 0 Å². The van der Waals surface area contributed by atoms with E-state index >= 15 is 0 Å². The largest absolute Gasteiger partial charge is 0.389 e. The summed E-state index contributed by atoms with van der Waals surface area (Å²) in [6.07, 6.45) is 0.820. The average Bonchev–Trinajstić information content (AvgIpc) is 3.03. The molecule has 0 unspecified atom stereocenters. The molecule has 2 N–H and O–H groups in total. The molecule has 1 amide bonds. The van der Waals surface area contributed by atoms with Crippen LogP contribution >= 0.6 is 0 Å². The Morgan fingerprint density at radius 1 is 1.00 bits per heavy atom. The smallest absolute Gasteiger partial charge is 0.236 e. The van der Waals surface area contributed by atoms with Gasteiger partial charge in [-0.25, -0.2) is 0 Å². The lowest BCUT2D eigenvalue weighted by Crippen LogP contribution is -2.61. The number of amides is 1. The highest BCUT2D eigenvalue weighted by atomic mass is 16.5. The van der Waals surface area contributed by atoms with Gasteiger partial charge in [-0.1, -0.05) is 0 Å². The molecule has 22 heavy (non-hydrogen) atoms. The van der Waals surface area contributed by atoms with Crippen molar-refractivity contribution < 1.29 is 19.7 Å². The lowest BCUT2D eigenvalue weighted by atomic mass is 10.0. The molecule has 3 fully saturated rings. The van der Waals surface area contributed by atoms with Crippen molar-refractivity contribution in [3.8, 4) is 0 Å². The molecule has 0 saturated carbocycles. The quantitative estimate of drug-likeness (QED) is 0.650. The topological polar surface area (TPSA) is 76.5 Å². The van der Waals surface area contributed by atoms with Crippen LogP contribution in [0.15, 0.2) is 0 Å². The minimum absolute atomic E-state index is 0.167. The van der Waals surface area contributed by atoms with E-state index in [4.69, 9.17) is 4.74 Å². The van der Waals surface area contributed by atoms with Crippen LogP contribution in [0.3, 0.4) is 0 Å². The van der Waals surface area contributed by atoms with Crippen LogP contribution in [-0.4, -0.2) is 108 Å². The summed E-state index contributed by atoms with van der Waals surface area (Å²) in [7, 11) is 0. The standard InChI is InChI=1S/C15H27N3O4/c19-13-11-22-10-12(15(13)21)17-5-7-18(8-6-17)14(20)9-16-3-1-2-4-16/h12-13,15,19,21H,1-11H2/t12-,13-,15+/m1/s1. The number of carbonyl (C=O) groups excluding carboxylic acids is 1. The first-order valence-electron chi connectivity index (χ1n) is 8.33. The summed E-state index contributed by atoms with van der Waals surface area (Å²) in [5.41, 5.74) is 0. The minimum atomic E-state index is -0.812. The highest BCUT2D eigenvalue weighted by molar-refractivity contribution is 5.78. The second kappa shape index (κ2) is 7.23. The van der Waals surface area contributed by atoms with Crippen molar-refractivity contribution in [1.29, 1.82) is 0 Å². The van der Waals surface area contributed by atoms with E-state index in [-0.39, 0.29) is 18.6 Å². The number of hydrogen-bond acceptors (Lipinski definition) is 6. The Hall–Kier alpha value is -0.730. The van der Waals surface area contributed by atoms with Gasteiger partial charge in [-0.15, -0.1) is 0 Å². The zero-order chi connectivity index (χ0) is 15.5. The van der Waals surface area contributed by atoms with Gasteiger partial charge in [-0.05, 0) is 25.9 Å². The molecule has 3 heterocycles. The molecular formula is C15H27N3O4. The van der Waals surface area contributed by atoms with Gasteiger partial charge in [0.05, 0.1) is 31.9 Å². The van der Waals surface area contributed by atoms with E-state index in [2.05, 4.69) is 9.80 Å². The molecule has 3 atom stereocenters. The molecule has 3 aliphatic heterocycles. The van der Waals surface area contributed by atoms with Crippen molar-refractivity contribution >= 4 is 5.91 Å². The number of carbonyl (C=O) groups is 1. The number of aliphatic hydroxyl groups is 2. The molecule has 0 aromatic heterocycles. The first-order valence-corrected chi connectivity index (χ1v) is 8.33. The van der Waals surface area contributed by atoms with Crippen molar-refractivity contribution in [1.82, 2.24) is 14.7 Å². The fraction of sp³-hybridized carbons (Fsp3) is 0.933. The van der Waals surface area contributed by atoms with Crippen LogP contribution in [0.1, 0.15) is 12.8 Å². The summed E-state index contributed by atoms with van der Waals surface area (Å²) < 4.78 is 5.34. The van der Waals surface area contributed by atoms with Crippen LogP contribution in [0.4, 0.5) is 0 Å². The molecule has 7 nitrogen and oxygen atoms in total. The zero-order valence-electron chi connectivity index (χ0n) is 13.1. The van der Waals surface area contributed by atoms with Gasteiger partial charge < -0.3 is 19.8 Å². The van der Waals surface area contributed by atoms with Crippen molar-refractivity contribution in [3.05, 3.63) is 0 Å². The molecule has 7 heteroatoms. The van der Waals surface area contributed by atoms with E-state index in [0.717, 1.165) is 26.2 Å². The van der Waals surface area contributed by atoms with Crippen molar-refractivity contribution in [3.63, 3.8) is 0 Å². The summed E-state index contributed by atoms with van der Waals surface area (Å²) in [6, 6.07) is -0.167. The van der Waals surface area contributed by atoms with Gasteiger partial charge in [0.15, 0.2) is 0 Å². The van der Waals surface area contributed by atoms with E-state index in [9.17, 15) is 15.0 Å². The van der Waals surface area contributed by atoms with Gasteiger partial charge in [0, 0.05) is 26.2 Å². The van der Waals surface area contributed by atoms with Gasteiger partial charge in [0.2, 0.25) is 5.91 Å². The van der Waals surface area contributed by atoms with Crippen LogP contribution < -0.4 is 0 Å². The van der Waals surface area contributed by atoms with E-state index in [1.165, 1.54) is 12.8 Å². The van der Waals surface area contributed by atoms with Gasteiger partial charge in [0.25, 0.3) is 0 Å². The van der Waals surface area contributed by atoms with Gasteiger partial charge in [-0.3, -0.25) is 14.6 Å². The summed E-state index contributed by atoms with van der Waals surface area (Å²) in [5.74, 6) is 0.210. The molecule has 0 spiro atoms. The minimum Gasteiger partial charge on any atom is -0.389 e. The first-order chi connectivity index (χ1) is 10.6. The van der Waals surface area contributed by atoms with Crippen LogP contribution in [0.2, 0.25) is 0 Å². The van der Waals surface area contributed by atoms with E-state index in [0.29, 0.717) is 26.2 Å². The number of piperazine rings is 1. The monoisotopic (exact) mass is 313 g/mol. The molecule has 0 radical (unpaired) electrons. The maximum atomic E-state index is 12.3. The maximum Gasteiger partial charge on any atom is 0.236 e. The highest BCUT2D eigenvalue weighted by Crippen LogP contribution is 2.17. The molecular weight excluding hydrogens is 286 g/mol. The second-order valence-electron chi connectivity index (χ2n) is 6.56.